The number of rotatable bonds is 3. The molecule has 1 aliphatic rings. The van der Waals surface area contributed by atoms with Crippen LogP contribution in [0.25, 0.3) is 0 Å². The average Bonchev–Trinajstić information content (AvgIpc) is 2.40. The van der Waals surface area contributed by atoms with Crippen LogP contribution >= 0.6 is 23.2 Å². The van der Waals surface area contributed by atoms with Gasteiger partial charge in [-0.1, -0.05) is 37.0 Å². The summed E-state index contributed by atoms with van der Waals surface area (Å²) >= 11 is 12.0. The van der Waals surface area contributed by atoms with Crippen molar-refractivity contribution in [2.75, 3.05) is 20.2 Å². The number of sulfonamides is 1. The molecule has 0 aliphatic carbocycles. The van der Waals surface area contributed by atoms with Crippen LogP contribution in [0, 0.1) is 11.8 Å². The maximum Gasteiger partial charge on any atom is 0.246 e. The Labute approximate surface area is 136 Å². The summed E-state index contributed by atoms with van der Waals surface area (Å²) in [6.45, 7) is 5.14. The summed E-state index contributed by atoms with van der Waals surface area (Å²) in [6, 6.07) is 2.93. The molecule has 0 saturated carbocycles. The van der Waals surface area contributed by atoms with Crippen LogP contribution in [0.3, 0.4) is 0 Å². The highest BCUT2D eigenvalue weighted by molar-refractivity contribution is 7.89. The van der Waals surface area contributed by atoms with Crippen LogP contribution in [0.2, 0.25) is 10.0 Å². The molecule has 0 aromatic heterocycles. The monoisotopic (exact) mass is 351 g/mol. The lowest BCUT2D eigenvalue weighted by atomic mass is 9.94. The minimum atomic E-state index is -3.64. The number of benzene rings is 1. The lowest BCUT2D eigenvalue weighted by Crippen LogP contribution is -2.42. The van der Waals surface area contributed by atoms with Gasteiger partial charge >= 0.3 is 0 Å². The summed E-state index contributed by atoms with van der Waals surface area (Å²) in [7, 11) is -2.26. The van der Waals surface area contributed by atoms with Crippen LogP contribution in [-0.4, -0.2) is 32.9 Å². The van der Waals surface area contributed by atoms with Gasteiger partial charge in [0.1, 0.15) is 9.92 Å². The third-order valence-corrected chi connectivity index (χ3v) is 6.31. The second-order valence-electron chi connectivity index (χ2n) is 5.66. The molecule has 0 radical (unpaired) electrons. The Morgan fingerprint density at radius 2 is 1.76 bits per heavy atom. The standard InChI is InChI=1S/C14H19Cl2NO3S/c1-9-6-10(2)8-17(7-9)21(18,19)12-5-4-11(15)13(16)14(12)20-3/h4-5,9-10H,6-8H2,1-3H3. The van der Waals surface area contributed by atoms with Crippen molar-refractivity contribution in [2.45, 2.75) is 25.2 Å². The number of hydrogen-bond acceptors (Lipinski definition) is 3. The largest absolute Gasteiger partial charge is 0.494 e. The van der Waals surface area contributed by atoms with E-state index in [1.807, 2.05) is 0 Å². The average molecular weight is 352 g/mol. The fourth-order valence-electron chi connectivity index (χ4n) is 2.85. The molecular weight excluding hydrogens is 333 g/mol. The van der Waals surface area contributed by atoms with E-state index in [1.165, 1.54) is 23.5 Å². The Hall–Kier alpha value is -0.490. The molecule has 4 nitrogen and oxygen atoms in total. The van der Waals surface area contributed by atoms with E-state index in [-0.39, 0.29) is 20.7 Å². The first-order valence-corrected chi connectivity index (χ1v) is 8.99. The Kier molecular flexibility index (Phi) is 5.08. The second-order valence-corrected chi connectivity index (χ2v) is 8.35. The minimum absolute atomic E-state index is 0.0701. The molecule has 1 aromatic rings. The number of halogens is 2. The van der Waals surface area contributed by atoms with Crippen LogP contribution in [0.15, 0.2) is 17.0 Å². The molecule has 118 valence electrons. The van der Waals surface area contributed by atoms with Gasteiger partial charge in [-0.25, -0.2) is 8.42 Å². The van der Waals surface area contributed by atoms with E-state index in [4.69, 9.17) is 27.9 Å². The van der Waals surface area contributed by atoms with Crippen molar-refractivity contribution in [3.05, 3.63) is 22.2 Å². The summed E-state index contributed by atoms with van der Waals surface area (Å²) in [5.41, 5.74) is 0. The van der Waals surface area contributed by atoms with Crippen molar-refractivity contribution >= 4 is 33.2 Å². The maximum absolute atomic E-state index is 12.9. The number of nitrogens with zero attached hydrogens (tertiary/aromatic N) is 1. The Bertz CT molecular complexity index is 623. The summed E-state index contributed by atoms with van der Waals surface area (Å²) in [4.78, 5) is 0.0701. The fourth-order valence-corrected chi connectivity index (χ4v) is 5.13. The van der Waals surface area contributed by atoms with Gasteiger partial charge in [0.25, 0.3) is 0 Å². The van der Waals surface area contributed by atoms with E-state index in [1.54, 1.807) is 0 Å². The van der Waals surface area contributed by atoms with Gasteiger partial charge in [0.2, 0.25) is 10.0 Å². The zero-order valence-electron chi connectivity index (χ0n) is 12.3. The van der Waals surface area contributed by atoms with Crippen molar-refractivity contribution in [3.63, 3.8) is 0 Å². The molecule has 0 amide bonds. The molecule has 2 rings (SSSR count). The van der Waals surface area contributed by atoms with Crippen LogP contribution < -0.4 is 4.74 Å². The van der Waals surface area contributed by atoms with Crippen LogP contribution in [0.4, 0.5) is 0 Å². The number of piperidine rings is 1. The first-order valence-electron chi connectivity index (χ1n) is 6.79. The van der Waals surface area contributed by atoms with E-state index in [9.17, 15) is 8.42 Å². The lowest BCUT2D eigenvalue weighted by Gasteiger charge is -2.34. The lowest BCUT2D eigenvalue weighted by molar-refractivity contribution is 0.222. The third kappa shape index (κ3) is 3.31. The molecule has 1 fully saturated rings. The smallest absolute Gasteiger partial charge is 0.246 e. The SMILES string of the molecule is COc1c(S(=O)(=O)N2CC(C)CC(C)C2)ccc(Cl)c1Cl. The molecule has 2 atom stereocenters. The third-order valence-electron chi connectivity index (χ3n) is 3.67. The van der Waals surface area contributed by atoms with Crippen molar-refractivity contribution in [3.8, 4) is 5.75 Å². The van der Waals surface area contributed by atoms with E-state index in [0.29, 0.717) is 24.9 Å². The number of ether oxygens (including phenoxy) is 1. The predicted molar refractivity (Wildman–Crippen MR) is 84.7 cm³/mol. The van der Waals surface area contributed by atoms with Gasteiger partial charge < -0.3 is 4.74 Å². The van der Waals surface area contributed by atoms with E-state index < -0.39 is 10.0 Å². The van der Waals surface area contributed by atoms with Gasteiger partial charge in [-0.15, -0.1) is 0 Å². The van der Waals surface area contributed by atoms with Crippen molar-refractivity contribution in [2.24, 2.45) is 11.8 Å². The Morgan fingerprint density at radius 1 is 1.19 bits per heavy atom. The van der Waals surface area contributed by atoms with Gasteiger partial charge in [-0.3, -0.25) is 0 Å². The maximum atomic E-state index is 12.9. The molecule has 21 heavy (non-hydrogen) atoms. The molecule has 1 aromatic carbocycles. The van der Waals surface area contributed by atoms with Gasteiger partial charge in [-0.2, -0.15) is 4.31 Å². The van der Waals surface area contributed by atoms with E-state index >= 15 is 0 Å². The van der Waals surface area contributed by atoms with Crippen LogP contribution in [0.1, 0.15) is 20.3 Å². The molecular formula is C14H19Cl2NO3S. The van der Waals surface area contributed by atoms with Gasteiger partial charge in [0, 0.05) is 13.1 Å². The molecule has 7 heteroatoms. The topological polar surface area (TPSA) is 46.6 Å². The van der Waals surface area contributed by atoms with Crippen molar-refractivity contribution in [1.82, 2.24) is 4.31 Å². The number of methoxy groups -OCH3 is 1. The zero-order chi connectivity index (χ0) is 15.8. The quantitative estimate of drug-likeness (QED) is 0.834. The molecule has 1 aliphatic heterocycles. The first kappa shape index (κ1) is 16.9. The highest BCUT2D eigenvalue weighted by atomic mass is 35.5. The normalized spacial score (nSPS) is 24.0. The fraction of sp³-hybridized carbons (Fsp3) is 0.571. The first-order chi connectivity index (χ1) is 9.77. The molecule has 2 unspecified atom stereocenters. The van der Waals surface area contributed by atoms with E-state index in [0.717, 1.165) is 6.42 Å². The summed E-state index contributed by atoms with van der Waals surface area (Å²) in [5.74, 6) is 0.768. The number of hydrogen-bond donors (Lipinski definition) is 0. The molecule has 0 N–H and O–H groups in total. The minimum Gasteiger partial charge on any atom is -0.494 e. The van der Waals surface area contributed by atoms with Gasteiger partial charge in [-0.05, 0) is 30.4 Å². The van der Waals surface area contributed by atoms with Crippen LogP contribution in [0.5, 0.6) is 5.75 Å². The second kappa shape index (κ2) is 6.32. The molecule has 0 spiro atoms. The Balaban J connectivity index is 2.47. The Morgan fingerprint density at radius 3 is 2.29 bits per heavy atom. The molecule has 0 bridgehead atoms. The van der Waals surface area contributed by atoms with Gasteiger partial charge in [0.05, 0.1) is 12.1 Å². The van der Waals surface area contributed by atoms with Crippen molar-refractivity contribution in [1.29, 1.82) is 0 Å². The highest BCUT2D eigenvalue weighted by Crippen LogP contribution is 2.39. The molecule has 1 saturated heterocycles. The predicted octanol–water partition coefficient (Wildman–Crippen LogP) is 3.67. The highest BCUT2D eigenvalue weighted by Gasteiger charge is 2.34. The summed E-state index contributed by atoms with van der Waals surface area (Å²) in [5, 5.41) is 0.395. The molecule has 1 heterocycles. The van der Waals surface area contributed by atoms with Crippen LogP contribution in [-0.2, 0) is 10.0 Å². The van der Waals surface area contributed by atoms with E-state index in [2.05, 4.69) is 13.8 Å². The van der Waals surface area contributed by atoms with Crippen molar-refractivity contribution < 1.29 is 13.2 Å². The van der Waals surface area contributed by atoms with Gasteiger partial charge in [0.15, 0.2) is 5.75 Å². The summed E-state index contributed by atoms with van der Waals surface area (Å²) in [6.07, 6.45) is 1.03. The summed E-state index contributed by atoms with van der Waals surface area (Å²) < 4.78 is 32.4. The zero-order valence-corrected chi connectivity index (χ0v) is 14.6.